The second-order valence-electron chi connectivity index (χ2n) is 3.47. The normalized spacial score (nSPS) is 10.1. The van der Waals surface area contributed by atoms with Crippen LogP contribution in [0.15, 0.2) is 24.3 Å². The van der Waals surface area contributed by atoms with E-state index in [2.05, 4.69) is 40.1 Å². The van der Waals surface area contributed by atoms with Gasteiger partial charge in [0.2, 0.25) is 0 Å². The lowest BCUT2D eigenvalue weighted by molar-refractivity contribution is 0.0953. The van der Waals surface area contributed by atoms with E-state index in [0.717, 1.165) is 35.2 Å². The maximum atomic E-state index is 11.7. The average molecular weight is 332 g/mol. The number of hydrogen-bond acceptors (Lipinski definition) is 2. The maximum absolute atomic E-state index is 11.7. The largest absolute Gasteiger partial charge is 0.352 e. The second kappa shape index (κ2) is 7.62. The van der Waals surface area contributed by atoms with Gasteiger partial charge in [-0.05, 0) is 60.3 Å². The highest BCUT2D eigenvalue weighted by molar-refractivity contribution is 14.1. The van der Waals surface area contributed by atoms with E-state index in [1.807, 2.05) is 24.3 Å². The molecule has 0 aliphatic carbocycles. The van der Waals surface area contributed by atoms with Crippen molar-refractivity contribution in [2.45, 2.75) is 13.3 Å². The van der Waals surface area contributed by atoms with Crippen molar-refractivity contribution in [2.24, 2.45) is 0 Å². The van der Waals surface area contributed by atoms with Crippen molar-refractivity contribution in [3.05, 3.63) is 33.4 Å². The number of hydrogen-bond donors (Lipinski definition) is 2. The summed E-state index contributed by atoms with van der Waals surface area (Å²) < 4.78 is 1.08. The molecule has 0 spiro atoms. The first kappa shape index (κ1) is 13.4. The van der Waals surface area contributed by atoms with E-state index in [1.165, 1.54) is 0 Å². The molecule has 1 amide bonds. The maximum Gasteiger partial charge on any atom is 0.251 e. The molecule has 0 aliphatic heterocycles. The van der Waals surface area contributed by atoms with Crippen LogP contribution in [0.5, 0.6) is 0 Å². The summed E-state index contributed by atoms with van der Waals surface area (Å²) in [6.07, 6.45) is 0.962. The van der Waals surface area contributed by atoms with Crippen LogP contribution in [0.4, 0.5) is 0 Å². The Balaban J connectivity index is 2.30. The van der Waals surface area contributed by atoms with Gasteiger partial charge in [-0.1, -0.05) is 13.0 Å². The highest BCUT2D eigenvalue weighted by atomic mass is 127. The van der Waals surface area contributed by atoms with E-state index >= 15 is 0 Å². The molecule has 16 heavy (non-hydrogen) atoms. The molecule has 0 radical (unpaired) electrons. The van der Waals surface area contributed by atoms with Gasteiger partial charge in [0.1, 0.15) is 0 Å². The number of amides is 1. The highest BCUT2D eigenvalue weighted by Gasteiger charge is 2.03. The van der Waals surface area contributed by atoms with Crippen LogP contribution in [0.25, 0.3) is 0 Å². The zero-order valence-corrected chi connectivity index (χ0v) is 11.6. The van der Waals surface area contributed by atoms with Gasteiger partial charge in [0.15, 0.2) is 0 Å². The lowest BCUT2D eigenvalue weighted by Crippen LogP contribution is -2.27. The minimum atomic E-state index is 0.00927. The molecular formula is C12H17IN2O. The number of carbonyl (C=O) groups excluding carboxylic acids is 1. The standard InChI is InChI=1S/C12H17IN2O/c1-2-14-7-4-8-15-12(16)10-5-3-6-11(13)9-10/h3,5-6,9,14H,2,4,7-8H2,1H3,(H,15,16). The average Bonchev–Trinajstić information content (AvgIpc) is 2.28. The topological polar surface area (TPSA) is 41.1 Å². The van der Waals surface area contributed by atoms with Gasteiger partial charge in [-0.3, -0.25) is 4.79 Å². The lowest BCUT2D eigenvalue weighted by atomic mass is 10.2. The zero-order valence-electron chi connectivity index (χ0n) is 9.42. The smallest absolute Gasteiger partial charge is 0.251 e. The Morgan fingerprint density at radius 2 is 2.19 bits per heavy atom. The molecule has 0 saturated carbocycles. The Morgan fingerprint density at radius 3 is 2.88 bits per heavy atom. The molecule has 4 heteroatoms. The van der Waals surface area contributed by atoms with Crippen molar-refractivity contribution < 1.29 is 4.79 Å². The number of carbonyl (C=O) groups is 1. The number of halogens is 1. The van der Waals surface area contributed by atoms with Gasteiger partial charge < -0.3 is 10.6 Å². The molecular weight excluding hydrogens is 315 g/mol. The van der Waals surface area contributed by atoms with Gasteiger partial charge in [0, 0.05) is 15.7 Å². The minimum absolute atomic E-state index is 0.00927. The summed E-state index contributed by atoms with van der Waals surface area (Å²) in [5.74, 6) is 0.00927. The van der Waals surface area contributed by atoms with Gasteiger partial charge in [0.25, 0.3) is 5.91 Å². The molecule has 0 fully saturated rings. The monoisotopic (exact) mass is 332 g/mol. The van der Waals surface area contributed by atoms with Gasteiger partial charge in [-0.15, -0.1) is 0 Å². The summed E-state index contributed by atoms with van der Waals surface area (Å²) in [6.45, 7) is 4.72. The summed E-state index contributed by atoms with van der Waals surface area (Å²) in [6, 6.07) is 7.60. The van der Waals surface area contributed by atoms with E-state index in [4.69, 9.17) is 0 Å². The first-order valence-electron chi connectivity index (χ1n) is 5.48. The summed E-state index contributed by atoms with van der Waals surface area (Å²) in [4.78, 5) is 11.7. The molecule has 0 atom stereocenters. The highest BCUT2D eigenvalue weighted by Crippen LogP contribution is 2.07. The predicted molar refractivity (Wildman–Crippen MR) is 74.7 cm³/mol. The van der Waals surface area contributed by atoms with E-state index < -0.39 is 0 Å². The van der Waals surface area contributed by atoms with Crippen molar-refractivity contribution in [3.8, 4) is 0 Å². The number of nitrogens with one attached hydrogen (secondary N) is 2. The Hall–Kier alpha value is -0.620. The Bertz CT molecular complexity index is 342. The summed E-state index contributed by atoms with van der Waals surface area (Å²) in [5, 5.41) is 6.12. The minimum Gasteiger partial charge on any atom is -0.352 e. The molecule has 0 aromatic heterocycles. The van der Waals surface area contributed by atoms with E-state index in [1.54, 1.807) is 0 Å². The third-order valence-electron chi connectivity index (χ3n) is 2.15. The van der Waals surface area contributed by atoms with E-state index in [0.29, 0.717) is 0 Å². The molecule has 1 rings (SSSR count). The fourth-order valence-corrected chi connectivity index (χ4v) is 1.87. The molecule has 3 nitrogen and oxygen atoms in total. The summed E-state index contributed by atoms with van der Waals surface area (Å²) in [5.41, 5.74) is 0.732. The molecule has 1 aromatic rings. The molecule has 0 bridgehead atoms. The van der Waals surface area contributed by atoms with Crippen LogP contribution >= 0.6 is 22.6 Å². The SMILES string of the molecule is CCNCCCNC(=O)c1cccc(I)c1. The molecule has 2 N–H and O–H groups in total. The third kappa shape index (κ3) is 4.94. The zero-order chi connectivity index (χ0) is 11.8. The van der Waals surface area contributed by atoms with Crippen LogP contribution in [0.2, 0.25) is 0 Å². The first-order chi connectivity index (χ1) is 7.74. The number of rotatable bonds is 6. The Kier molecular flexibility index (Phi) is 6.40. The molecule has 0 heterocycles. The van der Waals surface area contributed by atoms with E-state index in [-0.39, 0.29) is 5.91 Å². The van der Waals surface area contributed by atoms with Crippen molar-refractivity contribution in [2.75, 3.05) is 19.6 Å². The fourth-order valence-electron chi connectivity index (χ4n) is 1.32. The lowest BCUT2D eigenvalue weighted by Gasteiger charge is -2.05. The molecule has 0 aliphatic rings. The second-order valence-corrected chi connectivity index (χ2v) is 4.72. The van der Waals surface area contributed by atoms with Crippen LogP contribution in [0.3, 0.4) is 0 Å². The molecule has 0 saturated heterocycles. The third-order valence-corrected chi connectivity index (χ3v) is 2.82. The van der Waals surface area contributed by atoms with Crippen LogP contribution in [0, 0.1) is 3.57 Å². The van der Waals surface area contributed by atoms with Gasteiger partial charge in [-0.25, -0.2) is 0 Å². The Labute approximate surface area is 110 Å². The van der Waals surface area contributed by atoms with Crippen LogP contribution in [-0.2, 0) is 0 Å². The van der Waals surface area contributed by atoms with Crippen molar-refractivity contribution in [1.82, 2.24) is 10.6 Å². The van der Waals surface area contributed by atoms with E-state index in [9.17, 15) is 4.79 Å². The fraction of sp³-hybridized carbons (Fsp3) is 0.417. The van der Waals surface area contributed by atoms with Gasteiger partial charge in [0.05, 0.1) is 0 Å². The van der Waals surface area contributed by atoms with Crippen molar-refractivity contribution >= 4 is 28.5 Å². The van der Waals surface area contributed by atoms with Gasteiger partial charge in [-0.2, -0.15) is 0 Å². The molecule has 1 aromatic carbocycles. The quantitative estimate of drug-likeness (QED) is 0.618. The first-order valence-corrected chi connectivity index (χ1v) is 6.56. The van der Waals surface area contributed by atoms with Crippen molar-refractivity contribution in [3.63, 3.8) is 0 Å². The van der Waals surface area contributed by atoms with Crippen LogP contribution in [-0.4, -0.2) is 25.5 Å². The summed E-state index contributed by atoms with van der Waals surface area (Å²) >= 11 is 2.20. The Morgan fingerprint density at radius 1 is 1.38 bits per heavy atom. The molecule has 88 valence electrons. The number of benzene rings is 1. The predicted octanol–water partition coefficient (Wildman–Crippen LogP) is 2.02. The summed E-state index contributed by atoms with van der Waals surface area (Å²) in [7, 11) is 0. The van der Waals surface area contributed by atoms with Crippen molar-refractivity contribution in [1.29, 1.82) is 0 Å². The van der Waals surface area contributed by atoms with Crippen LogP contribution < -0.4 is 10.6 Å². The van der Waals surface area contributed by atoms with Gasteiger partial charge >= 0.3 is 0 Å². The molecule has 0 unspecified atom stereocenters. The van der Waals surface area contributed by atoms with Crippen LogP contribution in [0.1, 0.15) is 23.7 Å².